The first kappa shape index (κ1) is 15.8. The third-order valence-electron chi connectivity index (χ3n) is 5.27. The van der Waals surface area contributed by atoms with Crippen molar-refractivity contribution in [2.24, 2.45) is 5.92 Å². The molecule has 2 aliphatic rings. The highest BCUT2D eigenvalue weighted by molar-refractivity contribution is 7.20. The lowest BCUT2D eigenvalue weighted by molar-refractivity contribution is 0.0376. The van der Waals surface area contributed by atoms with Crippen LogP contribution in [0.25, 0.3) is 10.2 Å². The van der Waals surface area contributed by atoms with Crippen molar-refractivity contribution in [1.82, 2.24) is 9.55 Å². The van der Waals surface area contributed by atoms with E-state index < -0.39 is 0 Å². The van der Waals surface area contributed by atoms with Crippen molar-refractivity contribution in [3.63, 3.8) is 0 Å². The molecule has 2 aromatic rings. The molecular weight excluding hydrogens is 324 g/mol. The second-order valence-corrected chi connectivity index (χ2v) is 7.93. The van der Waals surface area contributed by atoms with Crippen LogP contribution in [0.5, 0.6) is 0 Å². The van der Waals surface area contributed by atoms with E-state index in [0.717, 1.165) is 56.5 Å². The number of carbonyl (C=O) groups is 1. The third kappa shape index (κ3) is 2.66. The van der Waals surface area contributed by atoms with Gasteiger partial charge in [0.2, 0.25) is 0 Å². The average Bonchev–Trinajstić information content (AvgIpc) is 2.69. The average molecular weight is 346 g/mol. The smallest absolute Gasteiger partial charge is 0.348 e. The largest absolute Gasteiger partial charge is 0.461 e. The summed E-state index contributed by atoms with van der Waals surface area (Å²) in [5.74, 6) is 1.08. The maximum atomic E-state index is 12.9. The zero-order valence-corrected chi connectivity index (χ0v) is 14.8. The first-order valence-corrected chi connectivity index (χ1v) is 9.66. The number of aromatic nitrogens is 2. The third-order valence-corrected chi connectivity index (χ3v) is 6.44. The van der Waals surface area contributed by atoms with Crippen molar-refractivity contribution in [1.29, 1.82) is 0 Å². The van der Waals surface area contributed by atoms with E-state index in [1.165, 1.54) is 17.8 Å². The van der Waals surface area contributed by atoms with Gasteiger partial charge in [-0.05, 0) is 44.1 Å². The number of carbonyl (C=O) groups excluding carboxylic acids is 1. The van der Waals surface area contributed by atoms with Gasteiger partial charge < -0.3 is 4.74 Å². The number of ether oxygens (including phenoxy) is 1. The second-order valence-electron chi connectivity index (χ2n) is 6.93. The van der Waals surface area contributed by atoms with Gasteiger partial charge in [0.05, 0.1) is 12.0 Å². The summed E-state index contributed by atoms with van der Waals surface area (Å²) in [4.78, 5) is 31.2. The Kier molecular flexibility index (Phi) is 4.16. The minimum atomic E-state index is -0.304. The van der Waals surface area contributed by atoms with Crippen LogP contribution < -0.4 is 5.56 Å². The van der Waals surface area contributed by atoms with Crippen LogP contribution >= 0.6 is 11.3 Å². The van der Waals surface area contributed by atoms with Crippen LogP contribution in [0, 0.1) is 12.8 Å². The van der Waals surface area contributed by atoms with Gasteiger partial charge >= 0.3 is 5.97 Å². The van der Waals surface area contributed by atoms with Gasteiger partial charge in [0.15, 0.2) is 0 Å². The first-order valence-electron chi connectivity index (χ1n) is 8.85. The maximum absolute atomic E-state index is 12.9. The van der Waals surface area contributed by atoms with Crippen molar-refractivity contribution in [2.75, 3.05) is 6.61 Å². The number of hydrogen-bond donors (Lipinski definition) is 0. The van der Waals surface area contributed by atoms with Crippen LogP contribution in [0.3, 0.4) is 0 Å². The van der Waals surface area contributed by atoms with Gasteiger partial charge in [-0.15, -0.1) is 11.3 Å². The molecule has 0 amide bonds. The molecule has 0 bridgehead atoms. The molecular formula is C18H22N2O3S. The van der Waals surface area contributed by atoms with Crippen molar-refractivity contribution in [2.45, 2.75) is 58.4 Å². The molecule has 0 atom stereocenters. The van der Waals surface area contributed by atoms with E-state index in [4.69, 9.17) is 9.72 Å². The molecule has 24 heavy (non-hydrogen) atoms. The predicted molar refractivity (Wildman–Crippen MR) is 93.8 cm³/mol. The molecule has 5 nitrogen and oxygen atoms in total. The van der Waals surface area contributed by atoms with Gasteiger partial charge in [-0.1, -0.05) is 12.8 Å². The molecule has 1 aliphatic heterocycles. The van der Waals surface area contributed by atoms with Gasteiger partial charge in [0.1, 0.15) is 15.5 Å². The van der Waals surface area contributed by atoms with Gasteiger partial charge in [-0.3, -0.25) is 9.36 Å². The van der Waals surface area contributed by atoms with E-state index in [0.29, 0.717) is 27.6 Å². The Morgan fingerprint density at radius 2 is 2.12 bits per heavy atom. The highest BCUT2D eigenvalue weighted by Crippen LogP contribution is 2.30. The monoisotopic (exact) mass is 346 g/mol. The van der Waals surface area contributed by atoms with E-state index in [9.17, 15) is 9.59 Å². The Balaban J connectivity index is 1.70. The van der Waals surface area contributed by atoms with Crippen molar-refractivity contribution >= 4 is 27.5 Å². The van der Waals surface area contributed by atoms with E-state index in [2.05, 4.69) is 0 Å². The summed E-state index contributed by atoms with van der Waals surface area (Å²) in [6.45, 7) is 3.06. The summed E-state index contributed by atoms with van der Waals surface area (Å²) in [7, 11) is 0. The van der Waals surface area contributed by atoms with Crippen LogP contribution in [0.1, 0.15) is 59.6 Å². The summed E-state index contributed by atoms with van der Waals surface area (Å²) >= 11 is 1.30. The zero-order valence-electron chi connectivity index (χ0n) is 14.0. The highest BCUT2D eigenvalue weighted by Gasteiger charge is 2.25. The molecule has 0 saturated heterocycles. The summed E-state index contributed by atoms with van der Waals surface area (Å²) in [5.41, 5.74) is 0.731. The molecule has 4 rings (SSSR count). The maximum Gasteiger partial charge on any atom is 0.348 e. The van der Waals surface area contributed by atoms with Crippen molar-refractivity contribution < 1.29 is 9.53 Å². The van der Waals surface area contributed by atoms with E-state index >= 15 is 0 Å². The topological polar surface area (TPSA) is 61.2 Å². The first-order chi connectivity index (χ1) is 11.6. The molecule has 2 aromatic heterocycles. The van der Waals surface area contributed by atoms with E-state index in [1.807, 2.05) is 6.92 Å². The zero-order chi connectivity index (χ0) is 16.7. The Labute approximate surface area is 144 Å². The fourth-order valence-corrected chi connectivity index (χ4v) is 4.61. The van der Waals surface area contributed by atoms with Crippen LogP contribution in [0.4, 0.5) is 0 Å². The number of rotatable bonds is 3. The molecule has 0 unspecified atom stereocenters. The Bertz CT molecular complexity index is 848. The molecule has 0 N–H and O–H groups in total. The Hall–Kier alpha value is -1.69. The number of hydrogen-bond acceptors (Lipinski definition) is 5. The summed E-state index contributed by atoms with van der Waals surface area (Å²) in [6.07, 6.45) is 7.58. The van der Waals surface area contributed by atoms with Gasteiger partial charge in [-0.2, -0.15) is 0 Å². The molecule has 128 valence electrons. The fourth-order valence-electron chi connectivity index (χ4n) is 3.52. The van der Waals surface area contributed by atoms with E-state index in [-0.39, 0.29) is 11.5 Å². The van der Waals surface area contributed by atoms with Crippen LogP contribution in [0.15, 0.2) is 4.79 Å². The lowest BCUT2D eigenvalue weighted by Gasteiger charge is -2.24. The predicted octanol–water partition coefficient (Wildman–Crippen LogP) is 3.45. The highest BCUT2D eigenvalue weighted by atomic mass is 32.1. The fraction of sp³-hybridized carbons (Fsp3) is 0.611. The molecule has 6 heteroatoms. The standard InChI is InChI=1S/C18H22N2O3S/c1-11-14-16(19-13-8-3-2-4-9-20(13)17(14)21)24-15(11)18(22)23-10-12-6-5-7-12/h12H,2-10H2,1H3. The number of fused-ring (bicyclic) bond motifs is 2. The lowest BCUT2D eigenvalue weighted by atomic mass is 9.86. The molecule has 0 aromatic carbocycles. The molecule has 0 radical (unpaired) electrons. The molecule has 1 aliphatic carbocycles. The summed E-state index contributed by atoms with van der Waals surface area (Å²) in [5, 5.41) is 0.598. The van der Waals surface area contributed by atoms with Gasteiger partial charge in [-0.25, -0.2) is 9.78 Å². The molecule has 3 heterocycles. The SMILES string of the molecule is Cc1c(C(=O)OCC2CCC2)sc2nc3n(c(=O)c12)CCCCC3. The second kappa shape index (κ2) is 6.31. The van der Waals surface area contributed by atoms with E-state index in [1.54, 1.807) is 4.57 Å². The number of thiophene rings is 1. The molecule has 0 spiro atoms. The molecule has 1 fully saturated rings. The van der Waals surface area contributed by atoms with Gasteiger partial charge in [0.25, 0.3) is 5.56 Å². The lowest BCUT2D eigenvalue weighted by Crippen LogP contribution is -2.24. The number of nitrogens with zero attached hydrogens (tertiary/aromatic N) is 2. The van der Waals surface area contributed by atoms with Crippen LogP contribution in [-0.4, -0.2) is 22.1 Å². The van der Waals surface area contributed by atoms with Crippen LogP contribution in [-0.2, 0) is 17.7 Å². The molecule has 1 saturated carbocycles. The Morgan fingerprint density at radius 1 is 1.29 bits per heavy atom. The van der Waals surface area contributed by atoms with Crippen molar-refractivity contribution in [3.05, 3.63) is 26.6 Å². The summed E-state index contributed by atoms with van der Waals surface area (Å²) < 4.78 is 7.27. The van der Waals surface area contributed by atoms with Crippen LogP contribution in [0.2, 0.25) is 0 Å². The number of aryl methyl sites for hydroxylation is 2. The Morgan fingerprint density at radius 3 is 2.88 bits per heavy atom. The summed E-state index contributed by atoms with van der Waals surface area (Å²) in [6, 6.07) is 0. The normalized spacial score (nSPS) is 18.0. The minimum Gasteiger partial charge on any atom is -0.461 e. The van der Waals surface area contributed by atoms with Gasteiger partial charge in [0, 0.05) is 13.0 Å². The minimum absolute atomic E-state index is 0.00342. The van der Waals surface area contributed by atoms with Crippen molar-refractivity contribution in [3.8, 4) is 0 Å². The quantitative estimate of drug-likeness (QED) is 0.799. The number of esters is 1.